The van der Waals surface area contributed by atoms with Gasteiger partial charge < -0.3 is 0 Å². The van der Waals surface area contributed by atoms with E-state index in [1.807, 2.05) is 6.92 Å². The van der Waals surface area contributed by atoms with Gasteiger partial charge >= 0.3 is 6.18 Å². The van der Waals surface area contributed by atoms with Gasteiger partial charge in [-0.1, -0.05) is 11.5 Å². The summed E-state index contributed by atoms with van der Waals surface area (Å²) in [5, 5.41) is 0.535. The summed E-state index contributed by atoms with van der Waals surface area (Å²) >= 11 is 0. The highest BCUT2D eigenvalue weighted by Crippen LogP contribution is 2.30. The fraction of sp³-hybridized carbons (Fsp3) is 0.182. The van der Waals surface area contributed by atoms with Crippen LogP contribution in [0.5, 0.6) is 0 Å². The van der Waals surface area contributed by atoms with E-state index in [2.05, 4.69) is 4.98 Å². The minimum Gasteiger partial charge on any atom is -0.257 e. The number of nitrogens with zero attached hydrogens (tertiary/aromatic N) is 1. The number of pyridine rings is 1. The van der Waals surface area contributed by atoms with Gasteiger partial charge in [-0.15, -0.1) is 0 Å². The van der Waals surface area contributed by atoms with Gasteiger partial charge in [0.15, 0.2) is 0 Å². The Morgan fingerprint density at radius 1 is 1.19 bits per heavy atom. The molecule has 0 unspecified atom stereocenters. The summed E-state index contributed by atoms with van der Waals surface area (Å²) < 4.78 is 37.7. The molecule has 0 bridgehead atoms. The number of halogens is 3. The first-order valence-electron chi connectivity index (χ1n) is 4.82. The lowest BCUT2D eigenvalue weighted by Gasteiger charge is -2.10. The molecule has 1 heterocycles. The molecular weight excluding hydrogens is 214 g/mol. The summed E-state index contributed by atoms with van der Waals surface area (Å²) in [6, 6.07) is 3.98. The lowest BCUT2D eigenvalue weighted by atomic mass is 9.90. The van der Waals surface area contributed by atoms with Crippen LogP contribution >= 0.6 is 0 Å². The molecule has 0 radical (unpaired) electrons. The van der Waals surface area contributed by atoms with Gasteiger partial charge in [-0.05, 0) is 24.6 Å². The third-order valence-electron chi connectivity index (χ3n) is 2.44. The van der Waals surface area contributed by atoms with Gasteiger partial charge in [0.1, 0.15) is 7.85 Å². The summed E-state index contributed by atoms with van der Waals surface area (Å²) in [5.41, 5.74) is 1.40. The van der Waals surface area contributed by atoms with Gasteiger partial charge in [0.2, 0.25) is 0 Å². The topological polar surface area (TPSA) is 12.9 Å². The maximum atomic E-state index is 12.6. The maximum Gasteiger partial charge on any atom is 0.416 e. The van der Waals surface area contributed by atoms with Crippen molar-refractivity contribution < 1.29 is 13.2 Å². The summed E-state index contributed by atoms with van der Waals surface area (Å²) in [4.78, 5) is 4.14. The SMILES string of the molecule is Bc1cc(C(F)(F)F)cc2cc(C)cnc12. The van der Waals surface area contributed by atoms with E-state index in [9.17, 15) is 13.2 Å². The fourth-order valence-electron chi connectivity index (χ4n) is 1.71. The number of hydrogen-bond donors (Lipinski definition) is 0. The van der Waals surface area contributed by atoms with Crippen molar-refractivity contribution in [1.29, 1.82) is 0 Å². The van der Waals surface area contributed by atoms with Crippen molar-refractivity contribution in [2.45, 2.75) is 13.1 Å². The first-order chi connectivity index (χ1) is 7.38. The van der Waals surface area contributed by atoms with Crippen molar-refractivity contribution in [2.75, 3.05) is 0 Å². The van der Waals surface area contributed by atoms with Gasteiger partial charge in [0.25, 0.3) is 0 Å². The molecule has 1 aromatic carbocycles. The molecule has 0 fully saturated rings. The van der Waals surface area contributed by atoms with Crippen LogP contribution in [0, 0.1) is 6.92 Å². The highest BCUT2D eigenvalue weighted by molar-refractivity contribution is 6.38. The van der Waals surface area contributed by atoms with Crippen LogP contribution in [0.1, 0.15) is 11.1 Å². The molecule has 16 heavy (non-hydrogen) atoms. The number of aryl methyl sites for hydroxylation is 1. The van der Waals surface area contributed by atoms with Crippen molar-refractivity contribution >= 4 is 24.2 Å². The number of aromatic nitrogens is 1. The Morgan fingerprint density at radius 3 is 2.50 bits per heavy atom. The van der Waals surface area contributed by atoms with E-state index in [4.69, 9.17) is 0 Å². The van der Waals surface area contributed by atoms with Crippen LogP contribution < -0.4 is 5.46 Å². The van der Waals surface area contributed by atoms with Crippen LogP contribution in [0.3, 0.4) is 0 Å². The smallest absolute Gasteiger partial charge is 0.257 e. The van der Waals surface area contributed by atoms with Crippen molar-refractivity contribution in [3.8, 4) is 0 Å². The molecule has 0 aliphatic rings. The Labute approximate surface area is 91.7 Å². The van der Waals surface area contributed by atoms with Crippen LogP contribution in [0.25, 0.3) is 10.9 Å². The molecule has 0 N–H and O–H groups in total. The molecule has 2 aromatic rings. The number of alkyl halides is 3. The quantitative estimate of drug-likeness (QED) is 0.620. The monoisotopic (exact) mass is 223 g/mol. The second-order valence-electron chi connectivity index (χ2n) is 3.88. The summed E-state index contributed by atoms with van der Waals surface area (Å²) in [6.07, 6.45) is -2.65. The van der Waals surface area contributed by atoms with E-state index in [-0.39, 0.29) is 0 Å². The fourth-order valence-corrected chi connectivity index (χ4v) is 1.71. The maximum absolute atomic E-state index is 12.6. The van der Waals surface area contributed by atoms with Crippen LogP contribution in [0.2, 0.25) is 0 Å². The van der Waals surface area contributed by atoms with E-state index >= 15 is 0 Å². The number of rotatable bonds is 0. The van der Waals surface area contributed by atoms with Gasteiger partial charge in [-0.2, -0.15) is 13.2 Å². The van der Waals surface area contributed by atoms with Gasteiger partial charge in [0, 0.05) is 11.6 Å². The molecule has 82 valence electrons. The van der Waals surface area contributed by atoms with E-state index in [1.165, 1.54) is 0 Å². The minimum absolute atomic E-state index is 0.535. The predicted octanol–water partition coefficient (Wildman–Crippen LogP) is 1.82. The molecule has 0 saturated heterocycles. The number of hydrogen-bond acceptors (Lipinski definition) is 1. The summed E-state index contributed by atoms with van der Waals surface area (Å²) in [7, 11) is 1.64. The number of benzene rings is 1. The molecule has 1 aromatic heterocycles. The summed E-state index contributed by atoms with van der Waals surface area (Å²) in [6.45, 7) is 1.81. The molecule has 0 aliphatic carbocycles. The normalized spacial score (nSPS) is 12.0. The van der Waals surface area contributed by atoms with Crippen LogP contribution in [-0.2, 0) is 6.18 Å². The van der Waals surface area contributed by atoms with Crippen LogP contribution in [0.15, 0.2) is 24.4 Å². The first-order valence-corrected chi connectivity index (χ1v) is 4.82. The molecule has 0 spiro atoms. The molecule has 1 nitrogen and oxygen atoms in total. The zero-order valence-electron chi connectivity index (χ0n) is 8.89. The highest BCUT2D eigenvalue weighted by atomic mass is 19.4. The summed E-state index contributed by atoms with van der Waals surface area (Å²) in [5.74, 6) is 0. The molecule has 5 heteroatoms. The Hall–Kier alpha value is -1.52. The molecule has 0 amide bonds. The third-order valence-corrected chi connectivity index (χ3v) is 2.44. The molecule has 0 aliphatic heterocycles. The Morgan fingerprint density at radius 2 is 1.88 bits per heavy atom. The average Bonchev–Trinajstić information content (AvgIpc) is 2.15. The standard InChI is InChI=1S/C11H9BF3N/c1-6-2-7-3-8(11(13,14)15)4-9(12)10(7)16-5-6/h2-5H,12H2,1H3. The molecule has 0 saturated carbocycles. The Balaban J connectivity index is 2.75. The van der Waals surface area contributed by atoms with Crippen LogP contribution in [0.4, 0.5) is 13.2 Å². The van der Waals surface area contributed by atoms with Gasteiger partial charge in [-0.3, -0.25) is 4.98 Å². The van der Waals surface area contributed by atoms with Crippen molar-refractivity contribution in [3.05, 3.63) is 35.5 Å². The lowest BCUT2D eigenvalue weighted by molar-refractivity contribution is -0.137. The second-order valence-corrected chi connectivity index (χ2v) is 3.88. The average molecular weight is 223 g/mol. The molecular formula is C11H9BF3N. The Bertz CT molecular complexity index is 549. The molecule has 0 atom stereocenters. The third kappa shape index (κ3) is 1.89. The second kappa shape index (κ2) is 3.51. The van der Waals surface area contributed by atoms with E-state index in [0.29, 0.717) is 16.4 Å². The van der Waals surface area contributed by atoms with Crippen molar-refractivity contribution in [3.63, 3.8) is 0 Å². The van der Waals surface area contributed by atoms with E-state index in [1.54, 1.807) is 20.1 Å². The van der Waals surface area contributed by atoms with Gasteiger partial charge in [0.05, 0.1) is 11.1 Å². The van der Waals surface area contributed by atoms with Crippen LogP contribution in [-0.4, -0.2) is 12.8 Å². The van der Waals surface area contributed by atoms with E-state index < -0.39 is 11.7 Å². The Kier molecular flexibility index (Phi) is 2.41. The zero-order chi connectivity index (χ0) is 11.9. The number of fused-ring (bicyclic) bond motifs is 1. The van der Waals surface area contributed by atoms with Crippen molar-refractivity contribution in [1.82, 2.24) is 4.98 Å². The largest absolute Gasteiger partial charge is 0.416 e. The zero-order valence-corrected chi connectivity index (χ0v) is 8.89. The van der Waals surface area contributed by atoms with Crippen molar-refractivity contribution in [2.24, 2.45) is 0 Å². The minimum atomic E-state index is -4.30. The first kappa shape index (κ1) is 11.0. The highest BCUT2D eigenvalue weighted by Gasteiger charge is 2.30. The van der Waals surface area contributed by atoms with E-state index in [0.717, 1.165) is 17.7 Å². The molecule has 2 rings (SSSR count). The lowest BCUT2D eigenvalue weighted by Crippen LogP contribution is -2.13. The van der Waals surface area contributed by atoms with Gasteiger partial charge in [-0.25, -0.2) is 0 Å². The predicted molar refractivity (Wildman–Crippen MR) is 59.7 cm³/mol.